The quantitative estimate of drug-likeness (QED) is 0.602. The van der Waals surface area contributed by atoms with Gasteiger partial charge in [0.2, 0.25) is 0 Å². The highest BCUT2D eigenvalue weighted by Crippen LogP contribution is 2.39. The van der Waals surface area contributed by atoms with Gasteiger partial charge in [0.1, 0.15) is 0 Å². The van der Waals surface area contributed by atoms with E-state index >= 15 is 0 Å². The molecule has 2 N–H and O–H groups in total. The maximum absolute atomic E-state index is 6.34. The van der Waals surface area contributed by atoms with E-state index in [1.165, 1.54) is 32.1 Å². The minimum absolute atomic E-state index is 0. The highest BCUT2D eigenvalue weighted by atomic mass is 19.0. The van der Waals surface area contributed by atoms with Crippen LogP contribution in [-0.2, 0) is 0 Å². The van der Waals surface area contributed by atoms with Crippen LogP contribution in [0.4, 0.5) is 4.70 Å². The molecule has 0 aliphatic heterocycles. The van der Waals surface area contributed by atoms with Crippen molar-refractivity contribution in [2.75, 3.05) is 0 Å². The fourth-order valence-electron chi connectivity index (χ4n) is 1.93. The summed E-state index contributed by atoms with van der Waals surface area (Å²) in [5.41, 5.74) is 6.74. The van der Waals surface area contributed by atoms with Gasteiger partial charge in [0, 0.05) is 5.54 Å². The molecule has 0 spiro atoms. The van der Waals surface area contributed by atoms with Crippen LogP contribution in [0.15, 0.2) is 0 Å². The van der Waals surface area contributed by atoms with Crippen molar-refractivity contribution in [1.82, 2.24) is 0 Å². The van der Waals surface area contributed by atoms with Crippen LogP contribution in [0.1, 0.15) is 52.9 Å². The van der Waals surface area contributed by atoms with Gasteiger partial charge in [0.05, 0.1) is 0 Å². The second-order valence-electron chi connectivity index (χ2n) is 4.97. The van der Waals surface area contributed by atoms with Gasteiger partial charge in [-0.05, 0) is 18.3 Å². The molecule has 74 valence electrons. The van der Waals surface area contributed by atoms with Gasteiger partial charge < -0.3 is 5.73 Å². The number of halogens is 1. The summed E-state index contributed by atoms with van der Waals surface area (Å²) in [6.07, 6.45) is 6.48. The predicted molar refractivity (Wildman–Crippen MR) is 52.0 cm³/mol. The lowest BCUT2D eigenvalue weighted by molar-refractivity contribution is 0.133. The molecule has 1 aliphatic rings. The van der Waals surface area contributed by atoms with Crippen LogP contribution >= 0.6 is 0 Å². The second kappa shape index (κ2) is 3.73. The summed E-state index contributed by atoms with van der Waals surface area (Å²) < 4.78 is 0. The fraction of sp³-hybridized carbons (Fsp3) is 1.00. The van der Waals surface area contributed by atoms with Crippen LogP contribution in [0.2, 0.25) is 0 Å². The van der Waals surface area contributed by atoms with E-state index in [1.807, 2.05) is 0 Å². The van der Waals surface area contributed by atoms with Crippen LogP contribution in [-0.4, -0.2) is 5.54 Å². The molecular weight excluding hydrogens is 153 g/mol. The van der Waals surface area contributed by atoms with Crippen molar-refractivity contribution in [2.24, 2.45) is 11.1 Å². The third kappa shape index (κ3) is 2.19. The van der Waals surface area contributed by atoms with Gasteiger partial charge in [-0.1, -0.05) is 40.0 Å². The normalized spacial score (nSPS) is 23.0. The molecule has 1 rings (SSSR count). The highest BCUT2D eigenvalue weighted by molar-refractivity contribution is 4.96. The molecule has 1 saturated carbocycles. The van der Waals surface area contributed by atoms with Crippen molar-refractivity contribution in [1.29, 1.82) is 0 Å². The Kier molecular flexibility index (Phi) is 3.70. The van der Waals surface area contributed by atoms with E-state index in [0.29, 0.717) is 0 Å². The molecule has 1 nitrogen and oxygen atoms in total. The molecule has 0 unspecified atom stereocenters. The van der Waals surface area contributed by atoms with E-state index in [2.05, 4.69) is 20.8 Å². The molecule has 2 heteroatoms. The zero-order valence-corrected chi connectivity index (χ0v) is 8.52. The molecule has 1 aliphatic carbocycles. The van der Waals surface area contributed by atoms with E-state index < -0.39 is 0 Å². The van der Waals surface area contributed by atoms with Crippen LogP contribution in [0.25, 0.3) is 0 Å². The molecule has 0 amide bonds. The van der Waals surface area contributed by atoms with Gasteiger partial charge in [-0.15, -0.1) is 0 Å². The van der Waals surface area contributed by atoms with Gasteiger partial charge in [0.15, 0.2) is 0 Å². The zero-order chi connectivity index (χ0) is 8.54. The molecule has 0 heterocycles. The van der Waals surface area contributed by atoms with E-state index in [9.17, 15) is 0 Å². The first-order chi connectivity index (χ1) is 4.96. The topological polar surface area (TPSA) is 26.0 Å². The molecule has 0 radical (unpaired) electrons. The second-order valence-corrected chi connectivity index (χ2v) is 4.97. The average molecular weight is 175 g/mol. The lowest BCUT2D eigenvalue weighted by Gasteiger charge is -2.44. The Morgan fingerprint density at radius 3 is 1.67 bits per heavy atom. The lowest BCUT2D eigenvalue weighted by Crippen LogP contribution is -2.52. The summed E-state index contributed by atoms with van der Waals surface area (Å²) in [4.78, 5) is 0. The first-order valence-corrected chi connectivity index (χ1v) is 4.75. The van der Waals surface area contributed by atoms with Crippen LogP contribution in [0, 0.1) is 5.41 Å². The maximum atomic E-state index is 6.34. The lowest BCUT2D eigenvalue weighted by atomic mass is 9.66. The molecule has 0 atom stereocenters. The van der Waals surface area contributed by atoms with Crippen molar-refractivity contribution in [3.8, 4) is 0 Å². The molecule has 0 aromatic rings. The Labute approximate surface area is 75.1 Å². The van der Waals surface area contributed by atoms with Crippen molar-refractivity contribution >= 4 is 0 Å². The first-order valence-electron chi connectivity index (χ1n) is 4.75. The summed E-state index contributed by atoms with van der Waals surface area (Å²) >= 11 is 0. The largest absolute Gasteiger partial charge is 0.325 e. The SMILES string of the molecule is CC(C)(C)C1(N)CCCCC1.F. The number of rotatable bonds is 0. The van der Waals surface area contributed by atoms with Crippen molar-refractivity contribution in [3.05, 3.63) is 0 Å². The van der Waals surface area contributed by atoms with Crippen LogP contribution in [0.5, 0.6) is 0 Å². The highest BCUT2D eigenvalue weighted by Gasteiger charge is 2.38. The monoisotopic (exact) mass is 175 g/mol. The Bertz CT molecular complexity index is 131. The average Bonchev–Trinajstić information content (AvgIpc) is 1.87. The molecule has 0 aromatic heterocycles. The molecule has 0 saturated heterocycles. The number of hydrogen-bond acceptors (Lipinski definition) is 1. The molecule has 1 fully saturated rings. The van der Waals surface area contributed by atoms with E-state index in [-0.39, 0.29) is 15.7 Å². The third-order valence-electron chi connectivity index (χ3n) is 3.24. The number of hydrogen-bond donors (Lipinski definition) is 1. The van der Waals surface area contributed by atoms with E-state index in [0.717, 1.165) is 0 Å². The summed E-state index contributed by atoms with van der Waals surface area (Å²) in [5, 5.41) is 0. The molecular formula is C10H22FN. The summed E-state index contributed by atoms with van der Waals surface area (Å²) in [6, 6.07) is 0. The van der Waals surface area contributed by atoms with Crippen LogP contribution < -0.4 is 5.73 Å². The van der Waals surface area contributed by atoms with Gasteiger partial charge >= 0.3 is 0 Å². The first kappa shape index (κ1) is 11.9. The standard InChI is InChI=1S/C10H21N.FH/c1-9(2,3)10(11)7-5-4-6-8-10;/h4-8,11H2,1-3H3;1H. The van der Waals surface area contributed by atoms with Crippen molar-refractivity contribution < 1.29 is 4.70 Å². The van der Waals surface area contributed by atoms with Crippen molar-refractivity contribution in [3.63, 3.8) is 0 Å². The minimum atomic E-state index is 0. The summed E-state index contributed by atoms with van der Waals surface area (Å²) in [7, 11) is 0. The van der Waals surface area contributed by atoms with Gasteiger partial charge in [-0.2, -0.15) is 0 Å². The van der Waals surface area contributed by atoms with Crippen molar-refractivity contribution in [2.45, 2.75) is 58.4 Å². The Hall–Kier alpha value is -0.110. The molecule has 0 bridgehead atoms. The van der Waals surface area contributed by atoms with Gasteiger partial charge in [0.25, 0.3) is 0 Å². The van der Waals surface area contributed by atoms with Crippen LogP contribution in [0.3, 0.4) is 0 Å². The maximum Gasteiger partial charge on any atom is 0.0203 e. The predicted octanol–water partition coefficient (Wildman–Crippen LogP) is 2.85. The molecule has 0 aromatic carbocycles. The Morgan fingerprint density at radius 1 is 1.00 bits per heavy atom. The minimum Gasteiger partial charge on any atom is -0.325 e. The molecule has 12 heavy (non-hydrogen) atoms. The summed E-state index contributed by atoms with van der Waals surface area (Å²) in [6.45, 7) is 6.79. The Morgan fingerprint density at radius 2 is 1.42 bits per heavy atom. The smallest absolute Gasteiger partial charge is 0.0203 e. The Balaban J connectivity index is 0.00000121. The summed E-state index contributed by atoms with van der Waals surface area (Å²) in [5.74, 6) is 0. The fourth-order valence-corrected chi connectivity index (χ4v) is 1.93. The van der Waals surface area contributed by atoms with Gasteiger partial charge in [-0.3, -0.25) is 4.70 Å². The van der Waals surface area contributed by atoms with E-state index in [1.54, 1.807) is 0 Å². The van der Waals surface area contributed by atoms with Gasteiger partial charge in [-0.25, -0.2) is 0 Å². The number of nitrogens with two attached hydrogens (primary N) is 1. The van der Waals surface area contributed by atoms with E-state index in [4.69, 9.17) is 5.73 Å². The zero-order valence-electron chi connectivity index (χ0n) is 8.52. The third-order valence-corrected chi connectivity index (χ3v) is 3.24.